The third-order valence-electron chi connectivity index (χ3n) is 1.11. The highest BCUT2D eigenvalue weighted by Crippen LogP contribution is 1.79. The second kappa shape index (κ2) is 5.75. The molecule has 0 saturated carbocycles. The minimum Gasteiger partial charge on any atom is -0.384 e. The molecule has 0 aliphatic heterocycles. The van der Waals surface area contributed by atoms with E-state index < -0.39 is 6.10 Å². The summed E-state index contributed by atoms with van der Waals surface area (Å²) in [7, 11) is 0. The molecule has 3 nitrogen and oxygen atoms in total. The topological polar surface area (TPSA) is 49.3 Å². The zero-order chi connectivity index (χ0) is 8.69. The second-order valence-electron chi connectivity index (χ2n) is 2.14. The number of hydrogen-bond donors (Lipinski definition) is 2. The highest BCUT2D eigenvalue weighted by molar-refractivity contribution is 5.79. The standard InChI is InChI=1S/C8H13NO2/c1-3-4-5-6-9-8(11)7(2)10/h7,10H,5-6H2,1-2H3,(H,9,11)/t7-/m1/s1. The van der Waals surface area contributed by atoms with Crippen LogP contribution in [0.25, 0.3) is 0 Å². The summed E-state index contributed by atoms with van der Waals surface area (Å²) in [5.74, 6) is 5.16. The SMILES string of the molecule is CC#CCCNC(=O)[C@@H](C)O. The van der Waals surface area contributed by atoms with Crippen molar-refractivity contribution >= 4 is 5.91 Å². The molecule has 0 aliphatic rings. The van der Waals surface area contributed by atoms with Gasteiger partial charge in [0.15, 0.2) is 0 Å². The zero-order valence-corrected chi connectivity index (χ0v) is 6.85. The molecule has 0 aromatic heterocycles. The maximum absolute atomic E-state index is 10.7. The van der Waals surface area contributed by atoms with Crippen molar-refractivity contribution in [2.45, 2.75) is 26.4 Å². The second-order valence-corrected chi connectivity index (χ2v) is 2.14. The van der Waals surface area contributed by atoms with Crippen LogP contribution in [-0.2, 0) is 4.79 Å². The van der Waals surface area contributed by atoms with Crippen LogP contribution in [0.4, 0.5) is 0 Å². The fraction of sp³-hybridized carbons (Fsp3) is 0.625. The average Bonchev–Trinajstić information content (AvgIpc) is 1.97. The number of carbonyl (C=O) groups excluding carboxylic acids is 1. The lowest BCUT2D eigenvalue weighted by atomic mass is 10.3. The van der Waals surface area contributed by atoms with Gasteiger partial charge in [0.25, 0.3) is 0 Å². The van der Waals surface area contributed by atoms with Crippen LogP contribution in [0.3, 0.4) is 0 Å². The summed E-state index contributed by atoms with van der Waals surface area (Å²) < 4.78 is 0. The van der Waals surface area contributed by atoms with Crippen LogP contribution >= 0.6 is 0 Å². The summed E-state index contributed by atoms with van der Waals surface area (Å²) in [6, 6.07) is 0. The molecule has 3 heteroatoms. The Kier molecular flexibility index (Phi) is 5.22. The van der Waals surface area contributed by atoms with Gasteiger partial charge in [0.1, 0.15) is 6.10 Å². The first-order valence-corrected chi connectivity index (χ1v) is 3.54. The van der Waals surface area contributed by atoms with E-state index in [0.29, 0.717) is 13.0 Å². The maximum Gasteiger partial charge on any atom is 0.248 e. The van der Waals surface area contributed by atoms with E-state index in [1.165, 1.54) is 6.92 Å². The zero-order valence-electron chi connectivity index (χ0n) is 6.85. The Hall–Kier alpha value is -1.01. The molecule has 62 valence electrons. The lowest BCUT2D eigenvalue weighted by Crippen LogP contribution is -2.32. The van der Waals surface area contributed by atoms with Gasteiger partial charge in [-0.25, -0.2) is 0 Å². The Bertz CT molecular complexity index is 176. The van der Waals surface area contributed by atoms with Gasteiger partial charge in [0, 0.05) is 13.0 Å². The highest BCUT2D eigenvalue weighted by atomic mass is 16.3. The van der Waals surface area contributed by atoms with Gasteiger partial charge in [0.2, 0.25) is 5.91 Å². The maximum atomic E-state index is 10.7. The van der Waals surface area contributed by atoms with E-state index >= 15 is 0 Å². The minimum absolute atomic E-state index is 0.345. The number of amides is 1. The average molecular weight is 155 g/mol. The van der Waals surface area contributed by atoms with Crippen LogP contribution < -0.4 is 5.32 Å². The molecule has 0 bridgehead atoms. The molecule has 1 atom stereocenters. The number of rotatable bonds is 3. The molecule has 0 rings (SSSR count). The number of hydrogen-bond acceptors (Lipinski definition) is 2. The first-order chi connectivity index (χ1) is 5.18. The van der Waals surface area contributed by atoms with Crippen LogP contribution in [0, 0.1) is 11.8 Å². The van der Waals surface area contributed by atoms with Crippen molar-refractivity contribution in [1.29, 1.82) is 0 Å². The Balaban J connectivity index is 3.37. The van der Waals surface area contributed by atoms with Crippen molar-refractivity contribution < 1.29 is 9.90 Å². The molecule has 2 N–H and O–H groups in total. The fourth-order valence-corrected chi connectivity index (χ4v) is 0.521. The largest absolute Gasteiger partial charge is 0.384 e. The lowest BCUT2D eigenvalue weighted by Gasteiger charge is -2.03. The van der Waals surface area contributed by atoms with E-state index in [0.717, 1.165) is 0 Å². The Labute approximate surface area is 66.8 Å². The van der Waals surface area contributed by atoms with Crippen molar-refractivity contribution in [2.75, 3.05) is 6.54 Å². The number of aliphatic hydroxyl groups is 1. The van der Waals surface area contributed by atoms with Gasteiger partial charge >= 0.3 is 0 Å². The van der Waals surface area contributed by atoms with Crippen molar-refractivity contribution in [3.8, 4) is 11.8 Å². The molecule has 0 heterocycles. The lowest BCUT2D eigenvalue weighted by molar-refractivity contribution is -0.128. The smallest absolute Gasteiger partial charge is 0.248 e. The predicted octanol–water partition coefficient (Wildman–Crippen LogP) is -0.103. The van der Waals surface area contributed by atoms with Gasteiger partial charge in [-0.2, -0.15) is 0 Å². The van der Waals surface area contributed by atoms with Gasteiger partial charge in [-0.05, 0) is 13.8 Å². The molecule has 0 aromatic rings. The van der Waals surface area contributed by atoms with Crippen LogP contribution in [0.5, 0.6) is 0 Å². The quantitative estimate of drug-likeness (QED) is 0.441. The number of nitrogens with one attached hydrogen (secondary N) is 1. The third kappa shape index (κ3) is 5.43. The Morgan fingerprint density at radius 1 is 1.73 bits per heavy atom. The number of aliphatic hydroxyl groups excluding tert-OH is 1. The van der Waals surface area contributed by atoms with E-state index in [1.807, 2.05) is 0 Å². The van der Waals surface area contributed by atoms with Crippen molar-refractivity contribution in [3.05, 3.63) is 0 Å². The molecule has 0 radical (unpaired) electrons. The summed E-state index contributed by atoms with van der Waals surface area (Å²) in [5.41, 5.74) is 0. The molecule has 0 fully saturated rings. The molecule has 1 amide bonds. The summed E-state index contributed by atoms with van der Waals surface area (Å²) in [4.78, 5) is 10.7. The van der Waals surface area contributed by atoms with E-state index in [9.17, 15) is 4.79 Å². The number of carbonyl (C=O) groups is 1. The summed E-state index contributed by atoms with van der Waals surface area (Å²) in [6.45, 7) is 3.68. The van der Waals surface area contributed by atoms with Crippen LogP contribution in [0.15, 0.2) is 0 Å². The van der Waals surface area contributed by atoms with Crippen LogP contribution in [-0.4, -0.2) is 23.7 Å². The third-order valence-corrected chi connectivity index (χ3v) is 1.11. The normalized spacial score (nSPS) is 11.2. The highest BCUT2D eigenvalue weighted by Gasteiger charge is 2.05. The van der Waals surface area contributed by atoms with E-state index in [-0.39, 0.29) is 5.91 Å². The first kappa shape index (κ1) is 9.99. The predicted molar refractivity (Wildman–Crippen MR) is 42.8 cm³/mol. The minimum atomic E-state index is -0.926. The van der Waals surface area contributed by atoms with Gasteiger partial charge < -0.3 is 10.4 Å². The molecule has 0 saturated heterocycles. The monoisotopic (exact) mass is 155 g/mol. The van der Waals surface area contributed by atoms with Crippen LogP contribution in [0.2, 0.25) is 0 Å². The Morgan fingerprint density at radius 3 is 2.82 bits per heavy atom. The molecule has 0 spiro atoms. The van der Waals surface area contributed by atoms with E-state index in [1.54, 1.807) is 6.92 Å². The van der Waals surface area contributed by atoms with Crippen LogP contribution in [0.1, 0.15) is 20.3 Å². The summed E-state index contributed by atoms with van der Waals surface area (Å²) in [6.07, 6.45) is -0.292. The fourth-order valence-electron chi connectivity index (χ4n) is 0.521. The van der Waals surface area contributed by atoms with Gasteiger partial charge in [-0.1, -0.05) is 0 Å². The van der Waals surface area contributed by atoms with Crippen molar-refractivity contribution in [1.82, 2.24) is 5.32 Å². The van der Waals surface area contributed by atoms with Gasteiger partial charge in [-0.3, -0.25) is 4.79 Å². The van der Waals surface area contributed by atoms with E-state index in [4.69, 9.17) is 5.11 Å². The molecular formula is C8H13NO2. The molecular weight excluding hydrogens is 142 g/mol. The van der Waals surface area contributed by atoms with Crippen molar-refractivity contribution in [3.63, 3.8) is 0 Å². The molecule has 0 aromatic carbocycles. The first-order valence-electron chi connectivity index (χ1n) is 3.54. The Morgan fingerprint density at radius 2 is 2.36 bits per heavy atom. The summed E-state index contributed by atoms with van der Waals surface area (Å²) in [5, 5.41) is 11.3. The molecule has 0 unspecified atom stereocenters. The van der Waals surface area contributed by atoms with Gasteiger partial charge in [-0.15, -0.1) is 11.8 Å². The molecule has 11 heavy (non-hydrogen) atoms. The molecule has 0 aliphatic carbocycles. The van der Waals surface area contributed by atoms with Crippen molar-refractivity contribution in [2.24, 2.45) is 0 Å². The van der Waals surface area contributed by atoms with E-state index in [2.05, 4.69) is 17.2 Å². The van der Waals surface area contributed by atoms with Gasteiger partial charge in [0.05, 0.1) is 0 Å². The summed E-state index contributed by atoms with van der Waals surface area (Å²) >= 11 is 0.